The minimum Gasteiger partial charge on any atom is -0.469 e. The van der Waals surface area contributed by atoms with Crippen molar-refractivity contribution < 1.29 is 18.7 Å². The van der Waals surface area contributed by atoms with Gasteiger partial charge in [-0.1, -0.05) is 38.1 Å². The molecule has 5 heteroatoms. The molecule has 1 aromatic heterocycles. The number of nitrogens with one attached hydrogen (secondary N) is 1. The highest BCUT2D eigenvalue weighted by Gasteiger charge is 2.21. The molecule has 1 heterocycles. The van der Waals surface area contributed by atoms with Gasteiger partial charge >= 0.3 is 5.97 Å². The van der Waals surface area contributed by atoms with E-state index in [0.717, 1.165) is 5.56 Å². The van der Waals surface area contributed by atoms with Crippen molar-refractivity contribution in [2.75, 3.05) is 7.11 Å². The fraction of sp³-hybridized carbons (Fsp3) is 0.333. The van der Waals surface area contributed by atoms with Gasteiger partial charge in [0.1, 0.15) is 0 Å². The Hall–Kier alpha value is -2.56. The van der Waals surface area contributed by atoms with Crippen LogP contribution in [0.25, 0.3) is 0 Å². The molecule has 122 valence electrons. The fourth-order valence-electron chi connectivity index (χ4n) is 2.25. The van der Waals surface area contributed by atoms with Crippen LogP contribution in [0.15, 0.2) is 47.1 Å². The highest BCUT2D eigenvalue weighted by atomic mass is 16.5. The standard InChI is InChI=1S/C18H21NO4/c1-12(2)13-6-8-14(9-7-13)15(11-17(20)22-3)19-18(21)16-5-4-10-23-16/h4-10,12,15H,11H2,1-3H3,(H,19,21)/t15-/m1/s1. The number of ether oxygens (including phenoxy) is 1. The maximum Gasteiger partial charge on any atom is 0.307 e. The minimum absolute atomic E-state index is 0.0595. The Kier molecular flexibility index (Phi) is 5.57. The molecule has 0 saturated carbocycles. The van der Waals surface area contributed by atoms with E-state index < -0.39 is 6.04 Å². The molecule has 5 nitrogen and oxygen atoms in total. The predicted octanol–water partition coefficient (Wildman–Crippen LogP) is 3.44. The van der Waals surface area contributed by atoms with Gasteiger partial charge in [0.25, 0.3) is 5.91 Å². The van der Waals surface area contributed by atoms with E-state index >= 15 is 0 Å². The van der Waals surface area contributed by atoms with Crippen LogP contribution >= 0.6 is 0 Å². The van der Waals surface area contributed by atoms with E-state index in [4.69, 9.17) is 9.15 Å². The predicted molar refractivity (Wildman–Crippen MR) is 86.1 cm³/mol. The molecule has 0 spiro atoms. The third kappa shape index (κ3) is 4.45. The van der Waals surface area contributed by atoms with Crippen LogP contribution < -0.4 is 5.32 Å². The molecule has 1 N–H and O–H groups in total. The third-order valence-electron chi connectivity index (χ3n) is 3.65. The van der Waals surface area contributed by atoms with Crippen molar-refractivity contribution >= 4 is 11.9 Å². The molecule has 0 fully saturated rings. The monoisotopic (exact) mass is 315 g/mol. The van der Waals surface area contributed by atoms with Gasteiger partial charge in [0.15, 0.2) is 5.76 Å². The maximum absolute atomic E-state index is 12.2. The highest BCUT2D eigenvalue weighted by Crippen LogP contribution is 2.22. The van der Waals surface area contributed by atoms with Crippen LogP contribution in [0, 0.1) is 0 Å². The van der Waals surface area contributed by atoms with Crippen molar-refractivity contribution in [2.45, 2.75) is 32.2 Å². The summed E-state index contributed by atoms with van der Waals surface area (Å²) in [5.74, 6) is -0.126. The molecule has 0 unspecified atom stereocenters. The lowest BCUT2D eigenvalue weighted by atomic mass is 9.97. The third-order valence-corrected chi connectivity index (χ3v) is 3.65. The van der Waals surface area contributed by atoms with Crippen LogP contribution in [0.2, 0.25) is 0 Å². The molecule has 0 saturated heterocycles. The molecule has 0 aliphatic rings. The number of benzene rings is 1. The van der Waals surface area contributed by atoms with Gasteiger partial charge in [-0.15, -0.1) is 0 Å². The average Bonchev–Trinajstić information content (AvgIpc) is 3.08. The SMILES string of the molecule is COC(=O)C[C@@H](NC(=O)c1ccco1)c1ccc(C(C)C)cc1. The van der Waals surface area contributed by atoms with Crippen LogP contribution in [0.4, 0.5) is 0 Å². The van der Waals surface area contributed by atoms with E-state index in [9.17, 15) is 9.59 Å². The fourth-order valence-corrected chi connectivity index (χ4v) is 2.25. The van der Waals surface area contributed by atoms with E-state index in [1.807, 2.05) is 24.3 Å². The molecule has 0 bridgehead atoms. The van der Waals surface area contributed by atoms with Gasteiger partial charge < -0.3 is 14.5 Å². The van der Waals surface area contributed by atoms with Gasteiger partial charge in [0.2, 0.25) is 0 Å². The molecule has 23 heavy (non-hydrogen) atoms. The molecule has 1 amide bonds. The molecule has 0 aliphatic heterocycles. The quantitative estimate of drug-likeness (QED) is 0.829. The van der Waals surface area contributed by atoms with Crippen LogP contribution in [0.1, 0.15) is 53.9 Å². The number of hydrogen-bond donors (Lipinski definition) is 1. The van der Waals surface area contributed by atoms with Crippen LogP contribution in [0.3, 0.4) is 0 Å². The number of esters is 1. The van der Waals surface area contributed by atoms with Gasteiger partial charge in [-0.25, -0.2) is 0 Å². The maximum atomic E-state index is 12.2. The van der Waals surface area contributed by atoms with Crippen LogP contribution in [-0.2, 0) is 9.53 Å². The second-order valence-corrected chi connectivity index (χ2v) is 5.60. The normalized spacial score (nSPS) is 12.0. The summed E-state index contributed by atoms with van der Waals surface area (Å²) in [5, 5.41) is 2.82. The average molecular weight is 315 g/mol. The van der Waals surface area contributed by atoms with Gasteiger partial charge in [-0.05, 0) is 29.2 Å². The zero-order chi connectivity index (χ0) is 16.8. The molecule has 0 aliphatic carbocycles. The Morgan fingerprint density at radius 3 is 2.30 bits per heavy atom. The summed E-state index contributed by atoms with van der Waals surface area (Å²) >= 11 is 0. The largest absolute Gasteiger partial charge is 0.469 e. The van der Waals surface area contributed by atoms with Crippen LogP contribution in [0.5, 0.6) is 0 Å². The lowest BCUT2D eigenvalue weighted by Gasteiger charge is -2.18. The van der Waals surface area contributed by atoms with Crippen molar-refractivity contribution in [3.05, 3.63) is 59.5 Å². The summed E-state index contributed by atoms with van der Waals surface area (Å²) < 4.78 is 9.81. The summed E-state index contributed by atoms with van der Waals surface area (Å²) in [6.45, 7) is 4.22. The van der Waals surface area contributed by atoms with E-state index in [1.54, 1.807) is 12.1 Å². The number of carbonyl (C=O) groups is 2. The summed E-state index contributed by atoms with van der Waals surface area (Å²) in [7, 11) is 1.33. The number of amides is 1. The van der Waals surface area contributed by atoms with E-state index in [-0.39, 0.29) is 24.1 Å². The Bertz CT molecular complexity index is 644. The molecule has 1 aromatic carbocycles. The first-order valence-corrected chi connectivity index (χ1v) is 7.52. The van der Waals surface area contributed by atoms with Crippen molar-refractivity contribution in [2.24, 2.45) is 0 Å². The van der Waals surface area contributed by atoms with Crippen molar-refractivity contribution in [1.29, 1.82) is 0 Å². The zero-order valence-electron chi connectivity index (χ0n) is 13.5. The molecule has 1 atom stereocenters. The Morgan fingerprint density at radius 1 is 1.13 bits per heavy atom. The van der Waals surface area contributed by atoms with Crippen molar-refractivity contribution in [3.63, 3.8) is 0 Å². The van der Waals surface area contributed by atoms with E-state index in [0.29, 0.717) is 5.92 Å². The molecular weight excluding hydrogens is 294 g/mol. The Morgan fingerprint density at radius 2 is 1.78 bits per heavy atom. The number of carbonyl (C=O) groups excluding carboxylic acids is 2. The lowest BCUT2D eigenvalue weighted by Crippen LogP contribution is -2.30. The number of rotatable bonds is 6. The topological polar surface area (TPSA) is 68.5 Å². The molecule has 0 radical (unpaired) electrons. The molecule has 2 aromatic rings. The van der Waals surface area contributed by atoms with Gasteiger partial charge in [0, 0.05) is 0 Å². The highest BCUT2D eigenvalue weighted by molar-refractivity contribution is 5.92. The smallest absolute Gasteiger partial charge is 0.307 e. The number of furan rings is 1. The first-order chi connectivity index (χ1) is 11.0. The van der Waals surface area contributed by atoms with E-state index in [1.165, 1.54) is 18.9 Å². The summed E-state index contributed by atoms with van der Waals surface area (Å²) in [6, 6.07) is 10.6. The molecular formula is C18H21NO4. The Labute approximate surface area is 135 Å². The second-order valence-electron chi connectivity index (χ2n) is 5.60. The number of hydrogen-bond acceptors (Lipinski definition) is 4. The summed E-state index contributed by atoms with van der Waals surface area (Å²) in [5.41, 5.74) is 2.04. The van der Waals surface area contributed by atoms with Crippen molar-refractivity contribution in [1.82, 2.24) is 5.32 Å². The second kappa shape index (κ2) is 7.63. The molecule has 2 rings (SSSR count). The van der Waals surface area contributed by atoms with Gasteiger partial charge in [0.05, 0.1) is 25.8 Å². The van der Waals surface area contributed by atoms with Gasteiger partial charge in [-0.2, -0.15) is 0 Å². The summed E-state index contributed by atoms with van der Waals surface area (Å²) in [4.78, 5) is 23.8. The minimum atomic E-state index is -0.471. The number of methoxy groups -OCH3 is 1. The van der Waals surface area contributed by atoms with Crippen LogP contribution in [-0.4, -0.2) is 19.0 Å². The van der Waals surface area contributed by atoms with Crippen molar-refractivity contribution in [3.8, 4) is 0 Å². The first kappa shape index (κ1) is 16.8. The van der Waals surface area contributed by atoms with Gasteiger partial charge in [-0.3, -0.25) is 9.59 Å². The summed E-state index contributed by atoms with van der Waals surface area (Å²) in [6.07, 6.45) is 1.49. The first-order valence-electron chi connectivity index (χ1n) is 7.52. The Balaban J connectivity index is 2.19. The lowest BCUT2D eigenvalue weighted by molar-refractivity contribution is -0.141. The van der Waals surface area contributed by atoms with E-state index in [2.05, 4.69) is 19.2 Å². The zero-order valence-corrected chi connectivity index (χ0v) is 13.5.